The van der Waals surface area contributed by atoms with Gasteiger partial charge in [-0.3, -0.25) is 9.59 Å². The molecule has 2 amide bonds. The maximum atomic E-state index is 12.1. The molecular weight excluding hydrogens is 404 g/mol. The molecule has 28 heavy (non-hydrogen) atoms. The molecule has 0 unspecified atom stereocenters. The van der Waals surface area contributed by atoms with Gasteiger partial charge in [-0.05, 0) is 43.3 Å². The highest BCUT2D eigenvalue weighted by Gasteiger charge is 2.15. The number of hydrazone groups is 1. The first-order valence-electron chi connectivity index (χ1n) is 8.18. The van der Waals surface area contributed by atoms with Crippen LogP contribution in [0.3, 0.4) is 0 Å². The second-order valence-corrected chi connectivity index (χ2v) is 7.95. The fraction of sp³-hybridized carbons (Fsp3) is 0.167. The summed E-state index contributed by atoms with van der Waals surface area (Å²) in [6, 6.07) is 14.4. The zero-order valence-corrected chi connectivity index (χ0v) is 16.5. The number of nitrogens with one attached hydrogen (secondary N) is 3. The molecular formula is C18H19ClN4O4S. The van der Waals surface area contributed by atoms with E-state index in [4.69, 9.17) is 11.6 Å². The van der Waals surface area contributed by atoms with Crippen LogP contribution in [0.1, 0.15) is 13.3 Å². The van der Waals surface area contributed by atoms with Crippen LogP contribution in [0.5, 0.6) is 0 Å². The number of halogens is 1. The van der Waals surface area contributed by atoms with Crippen molar-refractivity contribution in [2.75, 3.05) is 11.9 Å². The molecule has 2 rings (SSSR count). The second kappa shape index (κ2) is 9.98. The Morgan fingerprint density at radius 1 is 1.00 bits per heavy atom. The highest BCUT2D eigenvalue weighted by Crippen LogP contribution is 2.13. The number of hydrogen-bond acceptors (Lipinski definition) is 5. The smallest absolute Gasteiger partial charge is 0.255 e. The third-order valence-corrected chi connectivity index (χ3v) is 5.06. The van der Waals surface area contributed by atoms with E-state index in [1.807, 2.05) is 6.07 Å². The van der Waals surface area contributed by atoms with Gasteiger partial charge in [-0.2, -0.15) is 5.10 Å². The van der Waals surface area contributed by atoms with Crippen molar-refractivity contribution < 1.29 is 18.0 Å². The fourth-order valence-corrected chi connectivity index (χ4v) is 3.16. The Kier molecular flexibility index (Phi) is 7.68. The number of rotatable bonds is 8. The van der Waals surface area contributed by atoms with Gasteiger partial charge in [-0.15, -0.1) is 0 Å². The van der Waals surface area contributed by atoms with Crippen LogP contribution in [0.2, 0.25) is 5.02 Å². The van der Waals surface area contributed by atoms with Crippen molar-refractivity contribution in [2.24, 2.45) is 5.10 Å². The van der Waals surface area contributed by atoms with Crippen molar-refractivity contribution in [1.82, 2.24) is 10.1 Å². The van der Waals surface area contributed by atoms with E-state index in [0.717, 1.165) is 0 Å². The maximum absolute atomic E-state index is 12.1. The number of carbonyl (C=O) groups is 2. The molecule has 148 valence electrons. The molecule has 0 radical (unpaired) electrons. The van der Waals surface area contributed by atoms with Crippen molar-refractivity contribution in [3.63, 3.8) is 0 Å². The summed E-state index contributed by atoms with van der Waals surface area (Å²) in [7, 11) is -3.85. The number of para-hydroxylation sites is 1. The molecule has 2 aromatic rings. The minimum absolute atomic E-state index is 0.0121. The van der Waals surface area contributed by atoms with Crippen molar-refractivity contribution >= 4 is 44.8 Å². The van der Waals surface area contributed by atoms with Gasteiger partial charge in [0.25, 0.3) is 5.91 Å². The van der Waals surface area contributed by atoms with Gasteiger partial charge in [0.15, 0.2) is 0 Å². The molecule has 0 heterocycles. The summed E-state index contributed by atoms with van der Waals surface area (Å²) in [5.74, 6) is -0.953. The Morgan fingerprint density at radius 3 is 2.29 bits per heavy atom. The monoisotopic (exact) mass is 422 g/mol. The van der Waals surface area contributed by atoms with E-state index in [-0.39, 0.29) is 17.2 Å². The summed E-state index contributed by atoms with van der Waals surface area (Å²) < 4.78 is 26.3. The largest absolute Gasteiger partial charge is 0.326 e. The van der Waals surface area contributed by atoms with Crippen molar-refractivity contribution in [1.29, 1.82) is 0 Å². The molecule has 8 nitrogen and oxygen atoms in total. The predicted molar refractivity (Wildman–Crippen MR) is 108 cm³/mol. The van der Waals surface area contributed by atoms with Crippen LogP contribution in [0.15, 0.2) is 64.6 Å². The third-order valence-electron chi connectivity index (χ3n) is 3.39. The van der Waals surface area contributed by atoms with Crippen LogP contribution >= 0.6 is 11.6 Å². The van der Waals surface area contributed by atoms with Gasteiger partial charge in [-0.25, -0.2) is 18.6 Å². The molecule has 2 aromatic carbocycles. The first-order valence-corrected chi connectivity index (χ1v) is 10.0. The molecule has 0 aliphatic heterocycles. The molecule has 3 N–H and O–H groups in total. The molecule has 0 aromatic heterocycles. The average molecular weight is 423 g/mol. The van der Waals surface area contributed by atoms with E-state index in [1.165, 1.54) is 24.3 Å². The minimum Gasteiger partial charge on any atom is -0.326 e. The molecule has 0 aliphatic rings. The number of carbonyl (C=O) groups excluding carboxylic acids is 2. The van der Waals surface area contributed by atoms with Crippen molar-refractivity contribution in [2.45, 2.75) is 18.2 Å². The molecule has 0 saturated heterocycles. The summed E-state index contributed by atoms with van der Waals surface area (Å²) >= 11 is 5.72. The fourth-order valence-electron chi connectivity index (χ4n) is 2.05. The SMILES string of the molecule is C/C(CC(=O)Nc1ccccc1)=N/NC(=O)CNS(=O)(=O)c1ccc(Cl)cc1. The summed E-state index contributed by atoms with van der Waals surface area (Å²) in [6.45, 7) is 1.07. The van der Waals surface area contributed by atoms with Crippen molar-refractivity contribution in [3.05, 3.63) is 59.6 Å². The number of benzene rings is 2. The number of amides is 2. The highest BCUT2D eigenvalue weighted by molar-refractivity contribution is 7.89. The number of hydrogen-bond donors (Lipinski definition) is 3. The highest BCUT2D eigenvalue weighted by atomic mass is 35.5. The van der Waals surface area contributed by atoms with Gasteiger partial charge in [0.05, 0.1) is 17.9 Å². The zero-order valence-electron chi connectivity index (χ0n) is 15.0. The summed E-state index contributed by atoms with van der Waals surface area (Å²) in [5, 5.41) is 6.89. The molecule has 10 heteroatoms. The lowest BCUT2D eigenvalue weighted by Crippen LogP contribution is -2.35. The summed E-state index contributed by atoms with van der Waals surface area (Å²) in [6.07, 6.45) is -0.0221. The second-order valence-electron chi connectivity index (χ2n) is 5.75. The van der Waals surface area contributed by atoms with Crippen LogP contribution in [-0.2, 0) is 19.6 Å². The molecule has 0 spiro atoms. The molecule has 0 saturated carbocycles. The van der Waals surface area contributed by atoms with Crippen LogP contribution in [0.25, 0.3) is 0 Å². The maximum Gasteiger partial charge on any atom is 0.255 e. The van der Waals surface area contributed by atoms with Gasteiger partial charge in [0.2, 0.25) is 15.9 Å². The van der Waals surface area contributed by atoms with Crippen LogP contribution in [0, 0.1) is 0 Å². The molecule has 0 fully saturated rings. The average Bonchev–Trinajstić information content (AvgIpc) is 2.66. The van der Waals surface area contributed by atoms with E-state index < -0.39 is 22.5 Å². The minimum atomic E-state index is -3.85. The Labute approximate surface area is 168 Å². The molecule has 0 bridgehead atoms. The first kappa shape index (κ1) is 21.5. The summed E-state index contributed by atoms with van der Waals surface area (Å²) in [4.78, 5) is 23.7. The lowest BCUT2D eigenvalue weighted by atomic mass is 10.2. The van der Waals surface area contributed by atoms with Crippen molar-refractivity contribution in [3.8, 4) is 0 Å². The van der Waals surface area contributed by atoms with Gasteiger partial charge < -0.3 is 5.32 Å². The van der Waals surface area contributed by atoms with E-state index in [2.05, 4.69) is 20.6 Å². The van der Waals surface area contributed by atoms with E-state index in [1.54, 1.807) is 31.2 Å². The van der Waals surface area contributed by atoms with E-state index in [0.29, 0.717) is 16.4 Å². The van der Waals surface area contributed by atoms with Gasteiger partial charge >= 0.3 is 0 Å². The number of nitrogens with zero attached hydrogens (tertiary/aromatic N) is 1. The topological polar surface area (TPSA) is 117 Å². The summed E-state index contributed by atoms with van der Waals surface area (Å²) in [5.41, 5.74) is 3.22. The van der Waals surface area contributed by atoms with Gasteiger partial charge in [0.1, 0.15) is 0 Å². The quantitative estimate of drug-likeness (QED) is 0.446. The third kappa shape index (κ3) is 7.10. The zero-order chi connectivity index (χ0) is 20.6. The molecule has 0 aliphatic carbocycles. The van der Waals surface area contributed by atoms with E-state index in [9.17, 15) is 18.0 Å². The predicted octanol–water partition coefficient (Wildman–Crippen LogP) is 2.14. The number of sulfonamides is 1. The Bertz CT molecular complexity index is 961. The normalized spacial score (nSPS) is 11.7. The van der Waals surface area contributed by atoms with Gasteiger partial charge in [0, 0.05) is 16.4 Å². The number of anilines is 1. The Morgan fingerprint density at radius 2 is 1.64 bits per heavy atom. The van der Waals surface area contributed by atoms with Crippen LogP contribution < -0.4 is 15.5 Å². The lowest BCUT2D eigenvalue weighted by Gasteiger charge is -2.07. The standard InChI is InChI=1S/C18H19ClN4O4S/c1-13(11-17(24)21-15-5-3-2-4-6-15)22-23-18(25)12-20-28(26,27)16-9-7-14(19)8-10-16/h2-10,20H,11-12H2,1H3,(H,21,24)(H,23,25)/b22-13-. The van der Waals surface area contributed by atoms with E-state index >= 15 is 0 Å². The Balaban J connectivity index is 1.80. The van der Waals surface area contributed by atoms with Crippen LogP contribution in [0.4, 0.5) is 5.69 Å². The van der Waals surface area contributed by atoms with Crippen LogP contribution in [-0.4, -0.2) is 32.5 Å². The lowest BCUT2D eigenvalue weighted by molar-refractivity contribution is -0.120. The first-order chi connectivity index (χ1) is 13.3. The Hall–Kier alpha value is -2.75. The van der Waals surface area contributed by atoms with Gasteiger partial charge in [-0.1, -0.05) is 29.8 Å². The molecule has 0 atom stereocenters.